The SMILES string of the molecule is NCCC1(CCN)CCOC1(N)CCN. The van der Waals surface area contributed by atoms with Crippen molar-refractivity contribution in [3.63, 3.8) is 0 Å². The number of ether oxygens (including phenoxy) is 1. The molecule has 0 saturated carbocycles. The number of rotatable bonds is 6. The summed E-state index contributed by atoms with van der Waals surface area (Å²) < 4.78 is 5.69. The molecule has 8 N–H and O–H groups in total. The lowest BCUT2D eigenvalue weighted by atomic mass is 9.70. The molecule has 0 aliphatic carbocycles. The number of nitrogens with two attached hydrogens (primary N) is 4. The summed E-state index contributed by atoms with van der Waals surface area (Å²) in [6.07, 6.45) is 3.34. The summed E-state index contributed by atoms with van der Waals surface area (Å²) in [5.74, 6) is 0. The zero-order valence-corrected chi connectivity index (χ0v) is 9.37. The molecule has 5 heteroatoms. The highest BCUT2D eigenvalue weighted by Crippen LogP contribution is 2.47. The van der Waals surface area contributed by atoms with Crippen LogP contribution >= 0.6 is 0 Å². The van der Waals surface area contributed by atoms with Crippen LogP contribution in [0.1, 0.15) is 25.7 Å². The van der Waals surface area contributed by atoms with E-state index in [2.05, 4.69) is 0 Å². The Morgan fingerprint density at radius 3 is 1.93 bits per heavy atom. The molecule has 1 aliphatic heterocycles. The topological polar surface area (TPSA) is 113 Å². The Bertz CT molecular complexity index is 194. The molecule has 0 aromatic rings. The minimum Gasteiger partial charge on any atom is -0.360 e. The van der Waals surface area contributed by atoms with Crippen LogP contribution in [0, 0.1) is 5.41 Å². The summed E-state index contributed by atoms with van der Waals surface area (Å²) in [6, 6.07) is 0. The first kappa shape index (κ1) is 12.9. The van der Waals surface area contributed by atoms with Crippen LogP contribution in [0.2, 0.25) is 0 Å². The minimum absolute atomic E-state index is 0.0735. The van der Waals surface area contributed by atoms with Crippen molar-refractivity contribution in [1.29, 1.82) is 0 Å². The standard InChI is InChI=1S/C10H24N4O/c11-5-1-9(2-6-12)4-8-15-10(9,14)3-7-13/h1-8,11-14H2. The smallest absolute Gasteiger partial charge is 0.123 e. The van der Waals surface area contributed by atoms with Gasteiger partial charge in [-0.3, -0.25) is 0 Å². The van der Waals surface area contributed by atoms with Gasteiger partial charge in [0.2, 0.25) is 0 Å². The van der Waals surface area contributed by atoms with E-state index in [4.69, 9.17) is 27.7 Å². The van der Waals surface area contributed by atoms with Crippen molar-refractivity contribution < 1.29 is 4.74 Å². The second-order valence-corrected chi connectivity index (χ2v) is 4.38. The summed E-state index contributed by atoms with van der Waals surface area (Å²) in [4.78, 5) is 0. The van der Waals surface area contributed by atoms with Crippen molar-refractivity contribution in [2.45, 2.75) is 31.4 Å². The van der Waals surface area contributed by atoms with Crippen LogP contribution in [0.25, 0.3) is 0 Å². The summed E-state index contributed by atoms with van der Waals surface area (Å²) in [7, 11) is 0. The molecular formula is C10H24N4O. The van der Waals surface area contributed by atoms with E-state index in [1.165, 1.54) is 0 Å². The fourth-order valence-corrected chi connectivity index (χ4v) is 2.70. The molecular weight excluding hydrogens is 192 g/mol. The van der Waals surface area contributed by atoms with Crippen LogP contribution in [0.4, 0.5) is 0 Å². The first-order valence-electron chi connectivity index (χ1n) is 5.67. The van der Waals surface area contributed by atoms with Crippen LogP contribution in [0.15, 0.2) is 0 Å². The maximum absolute atomic E-state index is 6.31. The average molecular weight is 216 g/mol. The normalized spacial score (nSPS) is 29.6. The van der Waals surface area contributed by atoms with E-state index in [1.54, 1.807) is 0 Å². The molecule has 15 heavy (non-hydrogen) atoms. The molecule has 1 unspecified atom stereocenters. The van der Waals surface area contributed by atoms with Crippen molar-refractivity contribution in [3.8, 4) is 0 Å². The molecule has 90 valence electrons. The molecule has 1 atom stereocenters. The molecule has 1 aliphatic rings. The van der Waals surface area contributed by atoms with Gasteiger partial charge in [0.15, 0.2) is 0 Å². The van der Waals surface area contributed by atoms with Gasteiger partial charge in [0.1, 0.15) is 5.72 Å². The van der Waals surface area contributed by atoms with Gasteiger partial charge in [-0.2, -0.15) is 0 Å². The lowest BCUT2D eigenvalue weighted by Crippen LogP contribution is -2.55. The molecule has 0 radical (unpaired) electrons. The van der Waals surface area contributed by atoms with Crippen molar-refractivity contribution >= 4 is 0 Å². The summed E-state index contributed by atoms with van der Waals surface area (Å²) >= 11 is 0. The third kappa shape index (κ3) is 2.32. The maximum atomic E-state index is 6.31. The third-order valence-electron chi connectivity index (χ3n) is 3.60. The van der Waals surface area contributed by atoms with E-state index in [0.29, 0.717) is 32.7 Å². The Hall–Kier alpha value is -0.200. The van der Waals surface area contributed by atoms with Gasteiger partial charge < -0.3 is 27.7 Å². The van der Waals surface area contributed by atoms with Gasteiger partial charge in [0.05, 0.1) is 0 Å². The number of hydrogen-bond donors (Lipinski definition) is 4. The first-order chi connectivity index (χ1) is 7.14. The predicted octanol–water partition coefficient (Wildman–Crippen LogP) is -0.905. The average Bonchev–Trinajstić information content (AvgIpc) is 2.46. The van der Waals surface area contributed by atoms with E-state index < -0.39 is 5.72 Å². The molecule has 0 aromatic heterocycles. The highest BCUT2D eigenvalue weighted by molar-refractivity contribution is 5.00. The van der Waals surface area contributed by atoms with Gasteiger partial charge in [0.25, 0.3) is 0 Å². The molecule has 1 saturated heterocycles. The quantitative estimate of drug-likeness (QED) is 0.459. The van der Waals surface area contributed by atoms with Crippen molar-refractivity contribution in [3.05, 3.63) is 0 Å². The van der Waals surface area contributed by atoms with Crippen molar-refractivity contribution in [1.82, 2.24) is 0 Å². The largest absolute Gasteiger partial charge is 0.360 e. The molecule has 1 rings (SSSR count). The summed E-state index contributed by atoms with van der Waals surface area (Å²) in [6.45, 7) is 2.46. The monoisotopic (exact) mass is 216 g/mol. The van der Waals surface area contributed by atoms with E-state index in [9.17, 15) is 0 Å². The highest BCUT2D eigenvalue weighted by Gasteiger charge is 2.52. The number of hydrogen-bond acceptors (Lipinski definition) is 5. The molecule has 1 fully saturated rings. The van der Waals surface area contributed by atoms with Crippen LogP contribution in [0.5, 0.6) is 0 Å². The highest BCUT2D eigenvalue weighted by atomic mass is 16.5. The molecule has 0 aromatic carbocycles. The fourth-order valence-electron chi connectivity index (χ4n) is 2.70. The molecule has 0 spiro atoms. The van der Waals surface area contributed by atoms with E-state index in [0.717, 1.165) is 19.3 Å². The van der Waals surface area contributed by atoms with Crippen LogP contribution in [-0.4, -0.2) is 32.0 Å². The van der Waals surface area contributed by atoms with Gasteiger partial charge in [0, 0.05) is 18.4 Å². The van der Waals surface area contributed by atoms with E-state index in [-0.39, 0.29) is 5.41 Å². The van der Waals surface area contributed by atoms with Gasteiger partial charge in [-0.15, -0.1) is 0 Å². The zero-order valence-electron chi connectivity index (χ0n) is 9.37. The van der Waals surface area contributed by atoms with Gasteiger partial charge in [-0.25, -0.2) is 0 Å². The Balaban J connectivity index is 2.82. The Kier molecular flexibility index (Phi) is 4.48. The Morgan fingerprint density at radius 1 is 0.933 bits per heavy atom. The fraction of sp³-hybridized carbons (Fsp3) is 1.00. The summed E-state index contributed by atoms with van der Waals surface area (Å²) in [5, 5.41) is 0. The van der Waals surface area contributed by atoms with E-state index >= 15 is 0 Å². The third-order valence-corrected chi connectivity index (χ3v) is 3.60. The second kappa shape index (κ2) is 5.23. The molecule has 0 bridgehead atoms. The van der Waals surface area contributed by atoms with Crippen LogP contribution < -0.4 is 22.9 Å². The maximum Gasteiger partial charge on any atom is 0.123 e. The minimum atomic E-state index is -0.625. The Morgan fingerprint density at radius 2 is 1.47 bits per heavy atom. The van der Waals surface area contributed by atoms with Crippen molar-refractivity contribution in [2.24, 2.45) is 28.3 Å². The van der Waals surface area contributed by atoms with E-state index in [1.807, 2.05) is 0 Å². The predicted molar refractivity (Wildman–Crippen MR) is 60.9 cm³/mol. The summed E-state index contributed by atoms with van der Waals surface area (Å²) in [5.41, 5.74) is 22.5. The lowest BCUT2D eigenvalue weighted by molar-refractivity contribution is -0.0692. The van der Waals surface area contributed by atoms with Gasteiger partial charge >= 0.3 is 0 Å². The molecule has 0 amide bonds. The van der Waals surface area contributed by atoms with Crippen LogP contribution in [-0.2, 0) is 4.74 Å². The first-order valence-corrected chi connectivity index (χ1v) is 5.67. The zero-order chi connectivity index (χ0) is 11.4. The Labute approximate surface area is 91.5 Å². The van der Waals surface area contributed by atoms with Gasteiger partial charge in [-0.1, -0.05) is 0 Å². The second-order valence-electron chi connectivity index (χ2n) is 4.38. The van der Waals surface area contributed by atoms with Gasteiger partial charge in [-0.05, 0) is 38.9 Å². The molecule has 5 nitrogen and oxygen atoms in total. The lowest BCUT2D eigenvalue weighted by Gasteiger charge is -2.42. The van der Waals surface area contributed by atoms with Crippen molar-refractivity contribution in [2.75, 3.05) is 26.2 Å². The van der Waals surface area contributed by atoms with Crippen LogP contribution in [0.3, 0.4) is 0 Å². The molecule has 1 heterocycles.